The summed E-state index contributed by atoms with van der Waals surface area (Å²) >= 11 is 7.25. The maximum atomic E-state index is 12.5. The molecule has 26 heavy (non-hydrogen) atoms. The van der Waals surface area contributed by atoms with Gasteiger partial charge >= 0.3 is 0 Å². The molecule has 3 aliphatic rings. The number of nitrogens with zero attached hydrogens (tertiary/aromatic N) is 5. The molecule has 0 unspecified atom stereocenters. The van der Waals surface area contributed by atoms with Gasteiger partial charge in [0.25, 0.3) is 5.91 Å². The number of thiophene rings is 1. The summed E-state index contributed by atoms with van der Waals surface area (Å²) in [5, 5.41) is 6.83. The molecular formula is C18H23N5OS2. The predicted molar refractivity (Wildman–Crippen MR) is 103 cm³/mol. The molecule has 0 radical (unpaired) electrons. The van der Waals surface area contributed by atoms with Crippen molar-refractivity contribution < 1.29 is 4.79 Å². The Hall–Kier alpha value is -1.51. The van der Waals surface area contributed by atoms with Crippen molar-refractivity contribution in [3.63, 3.8) is 0 Å². The number of piperazine rings is 1. The minimum absolute atomic E-state index is 0.158. The zero-order chi connectivity index (χ0) is 17.7. The van der Waals surface area contributed by atoms with Crippen LogP contribution in [0.2, 0.25) is 0 Å². The number of amides is 1. The number of carbonyl (C=O) groups is 1. The summed E-state index contributed by atoms with van der Waals surface area (Å²) in [7, 11) is 0. The van der Waals surface area contributed by atoms with Gasteiger partial charge in [-0.25, -0.2) is 4.68 Å². The molecule has 1 aliphatic heterocycles. The van der Waals surface area contributed by atoms with Crippen LogP contribution in [0.1, 0.15) is 53.1 Å². The average molecular weight is 390 g/mol. The molecule has 2 saturated carbocycles. The molecule has 0 bridgehead atoms. The van der Waals surface area contributed by atoms with Gasteiger partial charge in [-0.3, -0.25) is 9.69 Å². The molecule has 0 atom stereocenters. The number of rotatable bonds is 5. The fourth-order valence-electron chi connectivity index (χ4n) is 3.66. The van der Waals surface area contributed by atoms with E-state index >= 15 is 0 Å². The lowest BCUT2D eigenvalue weighted by molar-refractivity contribution is 0.0589. The summed E-state index contributed by atoms with van der Waals surface area (Å²) in [6, 6.07) is 4.43. The SMILES string of the molecule is O=C(c1cccs1)N1CCN(Cn2nc(C3CC3)n(C3CC3)c2=S)CC1. The van der Waals surface area contributed by atoms with Crippen LogP contribution in [0.4, 0.5) is 0 Å². The first-order chi connectivity index (χ1) is 12.7. The topological polar surface area (TPSA) is 46.3 Å². The zero-order valence-corrected chi connectivity index (χ0v) is 16.3. The van der Waals surface area contributed by atoms with E-state index < -0.39 is 0 Å². The van der Waals surface area contributed by atoms with Gasteiger partial charge in [-0.05, 0) is 49.3 Å². The highest BCUT2D eigenvalue weighted by Crippen LogP contribution is 2.44. The van der Waals surface area contributed by atoms with Crippen LogP contribution in [0, 0.1) is 4.77 Å². The van der Waals surface area contributed by atoms with Crippen molar-refractivity contribution in [2.75, 3.05) is 26.2 Å². The van der Waals surface area contributed by atoms with E-state index in [0.717, 1.165) is 42.5 Å². The predicted octanol–water partition coefficient (Wildman–Crippen LogP) is 3.10. The Labute approximate surface area is 162 Å². The average Bonchev–Trinajstić information content (AvgIpc) is 3.59. The van der Waals surface area contributed by atoms with E-state index in [1.165, 1.54) is 42.8 Å². The van der Waals surface area contributed by atoms with Gasteiger partial charge in [-0.15, -0.1) is 11.3 Å². The smallest absolute Gasteiger partial charge is 0.264 e. The third-order valence-electron chi connectivity index (χ3n) is 5.48. The molecule has 5 rings (SSSR count). The molecule has 1 amide bonds. The van der Waals surface area contributed by atoms with Crippen LogP contribution in [0.3, 0.4) is 0 Å². The number of carbonyl (C=O) groups excluding carboxylic acids is 1. The normalized spacial score (nSPS) is 21.3. The summed E-state index contributed by atoms with van der Waals surface area (Å²) in [5.74, 6) is 1.99. The van der Waals surface area contributed by atoms with E-state index in [-0.39, 0.29) is 5.91 Å². The summed E-state index contributed by atoms with van der Waals surface area (Å²) in [5.41, 5.74) is 0. The molecule has 2 aromatic rings. The second kappa shape index (κ2) is 6.58. The largest absolute Gasteiger partial charge is 0.335 e. The van der Waals surface area contributed by atoms with Crippen LogP contribution in [-0.2, 0) is 6.67 Å². The van der Waals surface area contributed by atoms with Crippen LogP contribution in [0.25, 0.3) is 0 Å². The standard InChI is InChI=1S/C18H23N5OS2/c24-17(15-2-1-11-26-15)21-9-7-20(8-10-21)12-22-18(25)23(14-5-6-14)16(19-22)13-3-4-13/h1-2,11,13-14H,3-10,12H2. The van der Waals surface area contributed by atoms with E-state index in [0.29, 0.717) is 12.0 Å². The van der Waals surface area contributed by atoms with Gasteiger partial charge in [-0.2, -0.15) is 5.10 Å². The van der Waals surface area contributed by atoms with E-state index in [1.54, 1.807) is 0 Å². The van der Waals surface area contributed by atoms with Crippen LogP contribution in [0.15, 0.2) is 17.5 Å². The second-order valence-corrected chi connectivity index (χ2v) is 8.86. The Bertz CT molecular complexity index is 855. The maximum Gasteiger partial charge on any atom is 0.264 e. The molecule has 8 heteroatoms. The van der Waals surface area contributed by atoms with Crippen molar-refractivity contribution >= 4 is 29.5 Å². The van der Waals surface area contributed by atoms with Crippen LogP contribution >= 0.6 is 23.6 Å². The van der Waals surface area contributed by atoms with Crippen LogP contribution < -0.4 is 0 Å². The summed E-state index contributed by atoms with van der Waals surface area (Å²) < 4.78 is 5.22. The quantitative estimate of drug-likeness (QED) is 0.737. The van der Waals surface area contributed by atoms with Crippen molar-refractivity contribution in [3.05, 3.63) is 33.0 Å². The fourth-order valence-corrected chi connectivity index (χ4v) is 4.69. The number of aromatic nitrogens is 3. The third kappa shape index (κ3) is 3.14. The van der Waals surface area contributed by atoms with Gasteiger partial charge in [0.05, 0.1) is 11.5 Å². The lowest BCUT2D eigenvalue weighted by Crippen LogP contribution is -2.48. The van der Waals surface area contributed by atoms with Crippen molar-refractivity contribution in [2.24, 2.45) is 0 Å². The minimum atomic E-state index is 0.158. The molecule has 0 N–H and O–H groups in total. The molecule has 3 fully saturated rings. The minimum Gasteiger partial charge on any atom is -0.335 e. The molecule has 2 aliphatic carbocycles. The van der Waals surface area contributed by atoms with E-state index in [9.17, 15) is 4.79 Å². The van der Waals surface area contributed by atoms with Gasteiger partial charge in [0.15, 0.2) is 4.77 Å². The first-order valence-corrected chi connectivity index (χ1v) is 10.7. The monoisotopic (exact) mass is 389 g/mol. The summed E-state index contributed by atoms with van der Waals surface area (Å²) in [6.45, 7) is 4.01. The summed E-state index contributed by atoms with van der Waals surface area (Å²) in [6.07, 6.45) is 4.98. The van der Waals surface area contributed by atoms with E-state index in [4.69, 9.17) is 17.3 Å². The third-order valence-corrected chi connectivity index (χ3v) is 6.74. The fraction of sp³-hybridized carbons (Fsp3) is 0.611. The highest BCUT2D eigenvalue weighted by atomic mass is 32.1. The Morgan fingerprint density at radius 2 is 1.96 bits per heavy atom. The molecule has 0 aromatic carbocycles. The Kier molecular flexibility index (Phi) is 4.21. The van der Waals surface area contributed by atoms with Crippen LogP contribution in [0.5, 0.6) is 0 Å². The molecule has 3 heterocycles. The molecule has 1 saturated heterocycles. The molecule has 6 nitrogen and oxygen atoms in total. The highest BCUT2D eigenvalue weighted by molar-refractivity contribution is 7.71. The first-order valence-electron chi connectivity index (χ1n) is 9.45. The van der Waals surface area contributed by atoms with Crippen molar-refractivity contribution in [1.29, 1.82) is 0 Å². The second-order valence-electron chi connectivity index (χ2n) is 7.54. The van der Waals surface area contributed by atoms with Gasteiger partial charge in [0.1, 0.15) is 5.82 Å². The van der Waals surface area contributed by atoms with Crippen molar-refractivity contribution in [2.45, 2.75) is 44.3 Å². The molecule has 2 aromatic heterocycles. The Morgan fingerprint density at radius 3 is 2.58 bits per heavy atom. The van der Waals surface area contributed by atoms with Crippen molar-refractivity contribution in [1.82, 2.24) is 24.1 Å². The zero-order valence-electron chi connectivity index (χ0n) is 14.7. The van der Waals surface area contributed by atoms with Gasteiger partial charge in [-0.1, -0.05) is 6.07 Å². The summed E-state index contributed by atoms with van der Waals surface area (Å²) in [4.78, 5) is 17.6. The highest BCUT2D eigenvalue weighted by Gasteiger charge is 2.36. The van der Waals surface area contributed by atoms with E-state index in [2.05, 4.69) is 9.47 Å². The Balaban J connectivity index is 1.25. The lowest BCUT2D eigenvalue weighted by Gasteiger charge is -2.34. The molecule has 0 spiro atoms. The van der Waals surface area contributed by atoms with Gasteiger partial charge in [0.2, 0.25) is 0 Å². The first kappa shape index (κ1) is 16.6. The maximum absolute atomic E-state index is 12.5. The number of hydrogen-bond acceptors (Lipinski definition) is 5. The molecule has 138 valence electrons. The molecular weight excluding hydrogens is 366 g/mol. The lowest BCUT2D eigenvalue weighted by atomic mass is 10.3. The number of hydrogen-bond donors (Lipinski definition) is 0. The van der Waals surface area contributed by atoms with Gasteiger partial charge < -0.3 is 9.47 Å². The Morgan fingerprint density at radius 1 is 1.19 bits per heavy atom. The van der Waals surface area contributed by atoms with E-state index in [1.807, 2.05) is 27.1 Å². The van der Waals surface area contributed by atoms with Crippen LogP contribution in [-0.4, -0.2) is 56.2 Å². The van der Waals surface area contributed by atoms with Gasteiger partial charge in [0, 0.05) is 38.1 Å². The van der Waals surface area contributed by atoms with Crippen molar-refractivity contribution in [3.8, 4) is 0 Å².